The average molecular weight is 532 g/mol. The number of hydrogen-bond acceptors (Lipinski definition) is 10. The van der Waals surface area contributed by atoms with E-state index >= 15 is 0 Å². The molecule has 0 radical (unpaired) electrons. The zero-order chi connectivity index (χ0) is 25.8. The predicted octanol–water partition coefficient (Wildman–Crippen LogP) is 2.16. The Morgan fingerprint density at radius 3 is 2.53 bits per heavy atom. The highest BCUT2D eigenvalue weighted by atomic mass is 32.2. The van der Waals surface area contributed by atoms with Gasteiger partial charge in [-0.1, -0.05) is 6.07 Å². The van der Waals surface area contributed by atoms with Gasteiger partial charge in [0, 0.05) is 29.5 Å². The number of nitrogens with one attached hydrogen (secondary N) is 1. The first kappa shape index (κ1) is 25.4. The molecule has 11 nitrogen and oxygen atoms in total. The molecule has 1 aromatic heterocycles. The number of nitrogens with zero attached hydrogens (tertiary/aromatic N) is 2. The van der Waals surface area contributed by atoms with Crippen LogP contribution in [0.25, 0.3) is 0 Å². The number of fused-ring (bicyclic) bond motifs is 1. The molecular formula is C23H21N3O8S2. The van der Waals surface area contributed by atoms with E-state index in [4.69, 9.17) is 9.47 Å². The lowest BCUT2D eigenvalue weighted by Gasteiger charge is -2.51. The smallest absolute Gasteiger partial charge is 0.333 e. The molecule has 36 heavy (non-hydrogen) atoms. The summed E-state index contributed by atoms with van der Waals surface area (Å²) in [4.78, 5) is 62.3. The highest BCUT2D eigenvalue weighted by Crippen LogP contribution is 2.40. The number of non-ortho nitro benzene ring substituents is 1. The van der Waals surface area contributed by atoms with Crippen molar-refractivity contribution >= 4 is 52.5 Å². The molecule has 0 aliphatic carbocycles. The molecule has 2 unspecified atom stereocenters. The first-order valence-corrected chi connectivity index (χ1v) is 12.6. The number of nitro benzene ring substituents is 1. The first-order chi connectivity index (χ1) is 17.2. The molecule has 3 atom stereocenters. The van der Waals surface area contributed by atoms with Gasteiger partial charge < -0.3 is 19.7 Å². The van der Waals surface area contributed by atoms with Crippen LogP contribution in [0.1, 0.15) is 17.4 Å². The van der Waals surface area contributed by atoms with Gasteiger partial charge in [-0.15, -0.1) is 23.1 Å². The molecular weight excluding hydrogens is 510 g/mol. The van der Waals surface area contributed by atoms with Crippen molar-refractivity contribution in [3.8, 4) is 0 Å². The van der Waals surface area contributed by atoms with Gasteiger partial charge in [0.15, 0.2) is 6.04 Å². The maximum absolute atomic E-state index is 13.1. The zero-order valence-electron chi connectivity index (χ0n) is 18.9. The standard InChI is InChI=1S/C23H21N3O8S2/c1-13(27)33-11-15-12-36-22-19(24-18(28)9-17-3-2-8-35-17)21(29)25(22)20(15)23(30)34-10-14-4-6-16(7-5-14)26(31)32/h2-8,12,19-20,22H,9-11H2,1H3,(H,24,28)/t19?,20?,22-/m0/s1. The molecule has 188 valence electrons. The van der Waals surface area contributed by atoms with E-state index in [0.29, 0.717) is 11.1 Å². The van der Waals surface area contributed by atoms with Crippen molar-refractivity contribution in [3.63, 3.8) is 0 Å². The van der Waals surface area contributed by atoms with E-state index in [1.54, 1.807) is 5.41 Å². The van der Waals surface area contributed by atoms with Gasteiger partial charge in [0.25, 0.3) is 5.69 Å². The Morgan fingerprint density at radius 2 is 1.89 bits per heavy atom. The van der Waals surface area contributed by atoms with Crippen molar-refractivity contribution in [1.29, 1.82) is 0 Å². The molecule has 0 spiro atoms. The number of β-lactam (4-membered cyclic amide) rings is 1. The average Bonchev–Trinajstić information content (AvgIpc) is 3.37. The summed E-state index contributed by atoms with van der Waals surface area (Å²) >= 11 is 2.68. The zero-order valence-corrected chi connectivity index (χ0v) is 20.6. The molecule has 2 aliphatic heterocycles. The van der Waals surface area contributed by atoms with E-state index in [1.807, 2.05) is 17.5 Å². The third-order valence-corrected chi connectivity index (χ3v) is 7.59. The third kappa shape index (κ3) is 5.57. The minimum absolute atomic E-state index is 0.0952. The second-order valence-corrected chi connectivity index (χ2v) is 10.0. The second-order valence-electron chi connectivity index (χ2n) is 7.98. The maximum atomic E-state index is 13.1. The monoisotopic (exact) mass is 531 g/mol. The molecule has 4 rings (SSSR count). The van der Waals surface area contributed by atoms with Crippen LogP contribution in [-0.2, 0) is 41.7 Å². The second kappa shape index (κ2) is 10.9. The molecule has 0 saturated carbocycles. The fourth-order valence-electron chi connectivity index (χ4n) is 3.74. The maximum Gasteiger partial charge on any atom is 0.333 e. The number of thioether (sulfide) groups is 1. The topological polar surface area (TPSA) is 145 Å². The van der Waals surface area contributed by atoms with Crippen LogP contribution in [0.15, 0.2) is 52.8 Å². The van der Waals surface area contributed by atoms with Gasteiger partial charge in [-0.3, -0.25) is 24.5 Å². The number of thiophene rings is 1. The Balaban J connectivity index is 1.45. The van der Waals surface area contributed by atoms with Crippen molar-refractivity contribution in [2.24, 2.45) is 0 Å². The van der Waals surface area contributed by atoms with Gasteiger partial charge in [0.1, 0.15) is 24.6 Å². The lowest BCUT2D eigenvalue weighted by Crippen LogP contribution is -2.74. The number of benzene rings is 1. The van der Waals surface area contributed by atoms with Gasteiger partial charge >= 0.3 is 11.9 Å². The van der Waals surface area contributed by atoms with Crippen LogP contribution < -0.4 is 5.32 Å². The number of carbonyl (C=O) groups is 4. The highest BCUT2D eigenvalue weighted by Gasteiger charge is 2.56. The van der Waals surface area contributed by atoms with Crippen LogP contribution in [-0.4, -0.2) is 57.6 Å². The van der Waals surface area contributed by atoms with Gasteiger partial charge in [0.2, 0.25) is 11.8 Å². The van der Waals surface area contributed by atoms with Crippen molar-refractivity contribution in [3.05, 3.63) is 73.3 Å². The Bertz CT molecular complexity index is 1210. The molecule has 1 aromatic carbocycles. The Morgan fingerprint density at radius 1 is 1.14 bits per heavy atom. The largest absolute Gasteiger partial charge is 0.461 e. The number of nitro groups is 1. The summed E-state index contributed by atoms with van der Waals surface area (Å²) in [5.41, 5.74) is 0.800. The van der Waals surface area contributed by atoms with E-state index in [2.05, 4.69) is 5.32 Å². The van der Waals surface area contributed by atoms with Gasteiger partial charge in [0.05, 0.1) is 11.3 Å². The van der Waals surface area contributed by atoms with E-state index < -0.39 is 40.2 Å². The van der Waals surface area contributed by atoms with Crippen molar-refractivity contribution in [2.45, 2.75) is 37.4 Å². The van der Waals surface area contributed by atoms with Crippen LogP contribution in [0.4, 0.5) is 5.69 Å². The molecule has 2 aliphatic rings. The van der Waals surface area contributed by atoms with Crippen molar-refractivity contribution in [2.75, 3.05) is 6.61 Å². The van der Waals surface area contributed by atoms with Crippen LogP contribution in [0, 0.1) is 10.1 Å². The van der Waals surface area contributed by atoms with Gasteiger partial charge in [-0.25, -0.2) is 4.79 Å². The molecule has 1 N–H and O–H groups in total. The van der Waals surface area contributed by atoms with E-state index in [1.165, 1.54) is 59.2 Å². The Hall–Kier alpha value is -3.71. The first-order valence-electron chi connectivity index (χ1n) is 10.8. The summed E-state index contributed by atoms with van der Waals surface area (Å²) in [6.07, 6.45) is 0.146. The minimum atomic E-state index is -1.13. The number of esters is 2. The number of rotatable bonds is 9. The third-order valence-electron chi connectivity index (χ3n) is 5.49. The molecule has 2 aromatic rings. The summed E-state index contributed by atoms with van der Waals surface area (Å²) in [7, 11) is 0. The van der Waals surface area contributed by atoms with Gasteiger partial charge in [-0.2, -0.15) is 0 Å². The van der Waals surface area contributed by atoms with Gasteiger partial charge in [-0.05, 0) is 34.6 Å². The normalized spacial score (nSPS) is 20.5. The fourth-order valence-corrected chi connectivity index (χ4v) is 5.66. The summed E-state index contributed by atoms with van der Waals surface area (Å²) in [5.74, 6) is -2.04. The lowest BCUT2D eigenvalue weighted by molar-refractivity contribution is -0.384. The van der Waals surface area contributed by atoms with Crippen LogP contribution in [0.5, 0.6) is 0 Å². The fraction of sp³-hybridized carbons (Fsp3) is 0.304. The molecule has 3 heterocycles. The molecule has 1 saturated heterocycles. The number of carbonyl (C=O) groups excluding carboxylic acids is 4. The van der Waals surface area contributed by atoms with E-state index in [0.717, 1.165) is 4.88 Å². The predicted molar refractivity (Wildman–Crippen MR) is 130 cm³/mol. The number of amides is 2. The molecule has 1 fully saturated rings. The molecule has 13 heteroatoms. The molecule has 0 bridgehead atoms. The summed E-state index contributed by atoms with van der Waals surface area (Å²) < 4.78 is 10.5. The number of ether oxygens (including phenoxy) is 2. The summed E-state index contributed by atoms with van der Waals surface area (Å²) in [5, 5.41) is 16.5. The Labute approximate surface area is 213 Å². The SMILES string of the molecule is CC(=O)OCC1=CS[C@H]2C(NC(=O)Cc3cccs3)C(=O)N2C1C(=O)OCc1ccc([N+](=O)[O-])cc1. The molecule has 2 amide bonds. The van der Waals surface area contributed by atoms with Crippen LogP contribution in [0.2, 0.25) is 0 Å². The number of hydrogen-bond donors (Lipinski definition) is 1. The summed E-state index contributed by atoms with van der Waals surface area (Å²) in [6.45, 7) is 0.857. The van der Waals surface area contributed by atoms with E-state index in [-0.39, 0.29) is 31.2 Å². The van der Waals surface area contributed by atoms with Crippen LogP contribution in [0.3, 0.4) is 0 Å². The highest BCUT2D eigenvalue weighted by molar-refractivity contribution is 8.03. The van der Waals surface area contributed by atoms with Crippen molar-refractivity contribution in [1.82, 2.24) is 10.2 Å². The van der Waals surface area contributed by atoms with Crippen molar-refractivity contribution < 1.29 is 33.6 Å². The van der Waals surface area contributed by atoms with E-state index in [9.17, 15) is 29.3 Å². The minimum Gasteiger partial charge on any atom is -0.461 e. The van der Waals surface area contributed by atoms with Crippen LogP contribution >= 0.6 is 23.1 Å². The summed E-state index contributed by atoms with van der Waals surface area (Å²) in [6, 6.07) is 7.25. The lowest BCUT2D eigenvalue weighted by atomic mass is 9.98. The quantitative estimate of drug-likeness (QED) is 0.223. The Kier molecular flexibility index (Phi) is 7.70.